The second-order valence-corrected chi connectivity index (χ2v) is 7.16. The lowest BCUT2D eigenvalue weighted by Gasteiger charge is -2.26. The highest BCUT2D eigenvalue weighted by Gasteiger charge is 2.61. The van der Waals surface area contributed by atoms with Gasteiger partial charge in [0.15, 0.2) is 0 Å². The number of likely N-dealkylation sites (tertiary alicyclic amines) is 1. The monoisotopic (exact) mass is 349 g/mol. The molecule has 1 aliphatic heterocycles. The van der Waals surface area contributed by atoms with Crippen molar-refractivity contribution in [2.45, 2.75) is 30.8 Å². The molecule has 0 radical (unpaired) electrons. The van der Waals surface area contributed by atoms with Crippen LogP contribution in [0, 0.1) is 17.2 Å². The largest absolute Gasteiger partial charge is 0.497 e. The van der Waals surface area contributed by atoms with Crippen LogP contribution < -0.4 is 9.47 Å². The second kappa shape index (κ2) is 6.62. The Bertz CT molecular complexity index is 827. The molecule has 5 nitrogen and oxygen atoms in total. The van der Waals surface area contributed by atoms with Gasteiger partial charge in [0.1, 0.15) is 11.5 Å². The first-order valence-corrected chi connectivity index (χ1v) is 8.97. The Balaban J connectivity index is 1.63. The highest BCUT2D eigenvalue weighted by Crippen LogP contribution is 2.58. The van der Waals surface area contributed by atoms with E-state index in [0.717, 1.165) is 48.6 Å². The molecule has 1 saturated carbocycles. The maximum atomic E-state index is 9.89. The van der Waals surface area contributed by atoms with E-state index in [1.807, 2.05) is 24.4 Å². The molecule has 4 rings (SSSR count). The number of benzene rings is 1. The average molecular weight is 349 g/mol. The number of nitriles is 1. The number of rotatable bonds is 5. The fourth-order valence-corrected chi connectivity index (χ4v) is 4.36. The number of nitrogens with zero attached hydrogens (tertiary/aromatic N) is 3. The van der Waals surface area contributed by atoms with E-state index in [1.165, 1.54) is 0 Å². The molecule has 1 aliphatic carbocycles. The van der Waals surface area contributed by atoms with E-state index in [4.69, 9.17) is 9.47 Å². The zero-order chi connectivity index (χ0) is 18.1. The Morgan fingerprint density at radius 3 is 2.73 bits per heavy atom. The molecule has 1 aromatic heterocycles. The molecule has 0 bridgehead atoms. The first kappa shape index (κ1) is 16.9. The third kappa shape index (κ3) is 2.71. The molecule has 5 heteroatoms. The van der Waals surface area contributed by atoms with Crippen molar-refractivity contribution in [1.29, 1.82) is 5.26 Å². The van der Waals surface area contributed by atoms with Crippen molar-refractivity contribution in [1.82, 2.24) is 9.88 Å². The zero-order valence-corrected chi connectivity index (χ0v) is 15.2. The van der Waals surface area contributed by atoms with E-state index >= 15 is 0 Å². The van der Waals surface area contributed by atoms with Crippen LogP contribution in [0.15, 0.2) is 42.7 Å². The van der Waals surface area contributed by atoms with Crippen LogP contribution in [-0.4, -0.2) is 36.2 Å². The van der Waals surface area contributed by atoms with Crippen LogP contribution in [0.25, 0.3) is 0 Å². The molecule has 0 N–H and O–H groups in total. The number of ether oxygens (including phenoxy) is 2. The van der Waals surface area contributed by atoms with Crippen molar-refractivity contribution < 1.29 is 9.47 Å². The van der Waals surface area contributed by atoms with Gasteiger partial charge in [-0.3, -0.25) is 9.88 Å². The summed E-state index contributed by atoms with van der Waals surface area (Å²) in [7, 11) is 3.34. The number of methoxy groups -OCH3 is 2. The highest BCUT2D eigenvalue weighted by atomic mass is 16.5. The highest BCUT2D eigenvalue weighted by molar-refractivity contribution is 5.41. The van der Waals surface area contributed by atoms with Gasteiger partial charge in [0.05, 0.1) is 26.2 Å². The quantitative estimate of drug-likeness (QED) is 0.828. The predicted octanol–water partition coefficient (Wildman–Crippen LogP) is 3.37. The van der Waals surface area contributed by atoms with Crippen LogP contribution in [0.4, 0.5) is 0 Å². The van der Waals surface area contributed by atoms with E-state index in [9.17, 15) is 5.26 Å². The van der Waals surface area contributed by atoms with Crippen LogP contribution >= 0.6 is 0 Å². The summed E-state index contributed by atoms with van der Waals surface area (Å²) in [5.74, 6) is 1.84. The molecule has 26 heavy (non-hydrogen) atoms. The van der Waals surface area contributed by atoms with Gasteiger partial charge in [0.2, 0.25) is 0 Å². The Morgan fingerprint density at radius 2 is 2.12 bits per heavy atom. The lowest BCUT2D eigenvalue weighted by Crippen LogP contribution is -2.34. The van der Waals surface area contributed by atoms with Crippen LogP contribution in [0.3, 0.4) is 0 Å². The number of aromatic nitrogens is 1. The van der Waals surface area contributed by atoms with E-state index in [-0.39, 0.29) is 17.4 Å². The third-order valence-corrected chi connectivity index (χ3v) is 5.90. The minimum absolute atomic E-state index is 0.000196. The zero-order valence-electron chi connectivity index (χ0n) is 15.2. The fourth-order valence-electron chi connectivity index (χ4n) is 4.36. The summed E-state index contributed by atoms with van der Waals surface area (Å²) < 4.78 is 10.9. The standard InChI is InChI=1S/C21H23N3O2/c1-25-17-6-5-16(20(10-17)26-2)13-24-14-18(15-4-3-9-23-12-15)19(11-22)21(24)7-8-21/h3-6,9-10,12,18-19H,7-8,13-14H2,1-2H3/t18-,19-/m1/s1. The molecule has 0 unspecified atom stereocenters. The molecule has 2 heterocycles. The number of hydrogen-bond donors (Lipinski definition) is 0. The van der Waals surface area contributed by atoms with Gasteiger partial charge in [0, 0.05) is 48.6 Å². The molecule has 2 fully saturated rings. The summed E-state index contributed by atoms with van der Waals surface area (Å²) in [6, 6.07) is 12.6. The lowest BCUT2D eigenvalue weighted by atomic mass is 9.86. The fraction of sp³-hybridized carbons (Fsp3) is 0.429. The first-order valence-electron chi connectivity index (χ1n) is 8.97. The van der Waals surface area contributed by atoms with Gasteiger partial charge < -0.3 is 9.47 Å². The summed E-state index contributed by atoms with van der Waals surface area (Å²) >= 11 is 0. The number of pyridine rings is 1. The second-order valence-electron chi connectivity index (χ2n) is 7.16. The normalized spacial score (nSPS) is 23.6. The Morgan fingerprint density at radius 1 is 1.27 bits per heavy atom. The van der Waals surface area contributed by atoms with Gasteiger partial charge in [0.25, 0.3) is 0 Å². The minimum Gasteiger partial charge on any atom is -0.497 e. The molecular formula is C21H23N3O2. The minimum atomic E-state index is 0.000196. The summed E-state index contributed by atoms with van der Waals surface area (Å²) in [5.41, 5.74) is 2.29. The van der Waals surface area contributed by atoms with Gasteiger partial charge in [-0.15, -0.1) is 0 Å². The Labute approximate surface area is 154 Å². The molecule has 2 atom stereocenters. The van der Waals surface area contributed by atoms with Crippen molar-refractivity contribution in [3.63, 3.8) is 0 Å². The first-order chi connectivity index (χ1) is 12.7. The number of hydrogen-bond acceptors (Lipinski definition) is 5. The molecular weight excluding hydrogens is 326 g/mol. The van der Waals surface area contributed by atoms with E-state index in [1.54, 1.807) is 20.4 Å². The maximum Gasteiger partial charge on any atom is 0.127 e. The molecule has 1 aromatic carbocycles. The maximum absolute atomic E-state index is 9.89. The summed E-state index contributed by atoms with van der Waals surface area (Å²) in [4.78, 5) is 6.73. The van der Waals surface area contributed by atoms with Gasteiger partial charge in [-0.1, -0.05) is 12.1 Å². The molecule has 2 aromatic rings. The van der Waals surface area contributed by atoms with Crippen molar-refractivity contribution in [2.24, 2.45) is 5.92 Å². The smallest absolute Gasteiger partial charge is 0.127 e. The molecule has 2 aliphatic rings. The predicted molar refractivity (Wildman–Crippen MR) is 98.0 cm³/mol. The average Bonchev–Trinajstić information content (AvgIpc) is 3.42. The Hall–Kier alpha value is -2.58. The summed E-state index contributed by atoms with van der Waals surface area (Å²) in [6.45, 7) is 1.65. The van der Waals surface area contributed by atoms with Crippen molar-refractivity contribution in [3.8, 4) is 17.6 Å². The van der Waals surface area contributed by atoms with Gasteiger partial charge in [-0.25, -0.2) is 0 Å². The van der Waals surface area contributed by atoms with Gasteiger partial charge in [-0.05, 0) is 30.5 Å². The van der Waals surface area contributed by atoms with E-state index in [0.29, 0.717) is 0 Å². The summed E-state index contributed by atoms with van der Waals surface area (Å²) in [5, 5.41) is 9.89. The van der Waals surface area contributed by atoms with Crippen LogP contribution in [0.5, 0.6) is 11.5 Å². The van der Waals surface area contributed by atoms with Gasteiger partial charge in [-0.2, -0.15) is 5.26 Å². The van der Waals surface area contributed by atoms with Crippen molar-refractivity contribution >= 4 is 0 Å². The lowest BCUT2D eigenvalue weighted by molar-refractivity contribution is 0.208. The molecule has 134 valence electrons. The van der Waals surface area contributed by atoms with Crippen LogP contribution in [0.1, 0.15) is 29.9 Å². The van der Waals surface area contributed by atoms with Crippen LogP contribution in [-0.2, 0) is 6.54 Å². The SMILES string of the molecule is COc1ccc(CN2C[C@H](c3cccnc3)[C@@H](C#N)C23CC3)c(OC)c1. The molecule has 0 amide bonds. The molecule has 1 spiro atoms. The van der Waals surface area contributed by atoms with E-state index in [2.05, 4.69) is 28.1 Å². The van der Waals surface area contributed by atoms with Crippen molar-refractivity contribution in [2.75, 3.05) is 20.8 Å². The van der Waals surface area contributed by atoms with Crippen molar-refractivity contribution in [3.05, 3.63) is 53.9 Å². The molecule has 1 saturated heterocycles. The summed E-state index contributed by atoms with van der Waals surface area (Å²) in [6.07, 6.45) is 5.86. The third-order valence-electron chi connectivity index (χ3n) is 5.90. The van der Waals surface area contributed by atoms with Gasteiger partial charge >= 0.3 is 0 Å². The Kier molecular flexibility index (Phi) is 4.29. The van der Waals surface area contributed by atoms with E-state index < -0.39 is 0 Å². The topological polar surface area (TPSA) is 58.4 Å². The van der Waals surface area contributed by atoms with Crippen LogP contribution in [0.2, 0.25) is 0 Å².